The molecular weight excluding hydrogens is 257 g/mol. The highest BCUT2D eigenvalue weighted by molar-refractivity contribution is 5.79. The standard InChI is InChI=1S/C15H22FN3O/c1-15(8-5-9-20-15)11-19-14(17-2)18-10-12-6-3-4-7-13(12)16/h3-4,6-7H,5,8-11H2,1-2H3,(H2,17,18,19). The summed E-state index contributed by atoms with van der Waals surface area (Å²) in [4.78, 5) is 4.14. The Morgan fingerprint density at radius 2 is 2.20 bits per heavy atom. The lowest BCUT2D eigenvalue weighted by atomic mass is 10.0. The van der Waals surface area contributed by atoms with E-state index < -0.39 is 0 Å². The molecule has 1 heterocycles. The fourth-order valence-electron chi connectivity index (χ4n) is 2.29. The number of guanidine groups is 1. The van der Waals surface area contributed by atoms with E-state index in [0.717, 1.165) is 19.4 Å². The van der Waals surface area contributed by atoms with Gasteiger partial charge in [-0.25, -0.2) is 4.39 Å². The maximum absolute atomic E-state index is 13.5. The molecule has 0 spiro atoms. The molecule has 1 aliphatic rings. The van der Waals surface area contributed by atoms with Crippen molar-refractivity contribution in [2.24, 2.45) is 4.99 Å². The van der Waals surface area contributed by atoms with Gasteiger partial charge >= 0.3 is 0 Å². The molecule has 110 valence electrons. The maximum atomic E-state index is 13.5. The van der Waals surface area contributed by atoms with E-state index in [4.69, 9.17) is 4.74 Å². The topological polar surface area (TPSA) is 45.7 Å². The Balaban J connectivity index is 1.82. The van der Waals surface area contributed by atoms with Gasteiger partial charge in [0.15, 0.2) is 5.96 Å². The second-order valence-corrected chi connectivity index (χ2v) is 5.27. The van der Waals surface area contributed by atoms with Crippen molar-refractivity contribution in [1.29, 1.82) is 0 Å². The number of rotatable bonds is 4. The molecule has 4 nitrogen and oxygen atoms in total. The average Bonchev–Trinajstić information content (AvgIpc) is 2.88. The van der Waals surface area contributed by atoms with Gasteiger partial charge in [-0.3, -0.25) is 4.99 Å². The van der Waals surface area contributed by atoms with Crippen LogP contribution in [-0.4, -0.2) is 31.8 Å². The van der Waals surface area contributed by atoms with Crippen LogP contribution in [-0.2, 0) is 11.3 Å². The average molecular weight is 279 g/mol. The summed E-state index contributed by atoms with van der Waals surface area (Å²) in [6.07, 6.45) is 2.14. The first kappa shape index (κ1) is 14.8. The van der Waals surface area contributed by atoms with E-state index in [0.29, 0.717) is 24.6 Å². The molecule has 0 aliphatic carbocycles. The Kier molecular flexibility index (Phi) is 4.95. The normalized spacial score (nSPS) is 22.9. The Morgan fingerprint density at radius 1 is 1.40 bits per heavy atom. The minimum absolute atomic E-state index is 0.129. The summed E-state index contributed by atoms with van der Waals surface area (Å²) < 4.78 is 19.2. The second kappa shape index (κ2) is 6.70. The van der Waals surface area contributed by atoms with E-state index in [1.807, 2.05) is 6.07 Å². The third-order valence-corrected chi connectivity index (χ3v) is 3.56. The van der Waals surface area contributed by atoms with Crippen molar-refractivity contribution in [1.82, 2.24) is 10.6 Å². The van der Waals surface area contributed by atoms with Gasteiger partial charge in [0.25, 0.3) is 0 Å². The van der Waals surface area contributed by atoms with Crippen LogP contribution in [0.3, 0.4) is 0 Å². The molecule has 1 saturated heterocycles. The van der Waals surface area contributed by atoms with E-state index in [9.17, 15) is 4.39 Å². The summed E-state index contributed by atoms with van der Waals surface area (Å²) in [6, 6.07) is 6.73. The van der Waals surface area contributed by atoms with Crippen molar-refractivity contribution in [2.75, 3.05) is 20.2 Å². The molecule has 1 aromatic carbocycles. The Hall–Kier alpha value is -1.62. The highest BCUT2D eigenvalue weighted by Gasteiger charge is 2.29. The van der Waals surface area contributed by atoms with Gasteiger partial charge in [0, 0.05) is 32.3 Å². The smallest absolute Gasteiger partial charge is 0.191 e. The predicted molar refractivity (Wildman–Crippen MR) is 78.2 cm³/mol. The van der Waals surface area contributed by atoms with Gasteiger partial charge in [0.2, 0.25) is 0 Å². The summed E-state index contributed by atoms with van der Waals surface area (Å²) in [5.41, 5.74) is 0.495. The molecule has 2 N–H and O–H groups in total. The number of hydrogen-bond acceptors (Lipinski definition) is 2. The Morgan fingerprint density at radius 3 is 2.85 bits per heavy atom. The number of hydrogen-bond donors (Lipinski definition) is 2. The molecule has 1 atom stereocenters. The van der Waals surface area contributed by atoms with Crippen molar-refractivity contribution in [3.63, 3.8) is 0 Å². The highest BCUT2D eigenvalue weighted by atomic mass is 19.1. The van der Waals surface area contributed by atoms with Crippen molar-refractivity contribution in [3.8, 4) is 0 Å². The summed E-state index contributed by atoms with van der Waals surface area (Å²) in [5.74, 6) is 0.450. The highest BCUT2D eigenvalue weighted by Crippen LogP contribution is 2.23. The molecule has 1 unspecified atom stereocenters. The van der Waals surface area contributed by atoms with E-state index >= 15 is 0 Å². The number of halogens is 1. The first-order valence-electron chi connectivity index (χ1n) is 6.95. The van der Waals surface area contributed by atoms with Crippen LogP contribution in [0.1, 0.15) is 25.3 Å². The number of nitrogens with one attached hydrogen (secondary N) is 2. The molecule has 0 amide bonds. The van der Waals surface area contributed by atoms with Crippen LogP contribution in [0.2, 0.25) is 0 Å². The second-order valence-electron chi connectivity index (χ2n) is 5.27. The van der Waals surface area contributed by atoms with Crippen LogP contribution in [0, 0.1) is 5.82 Å². The Bertz CT molecular complexity index is 470. The molecular formula is C15H22FN3O. The van der Waals surface area contributed by atoms with Gasteiger partial charge in [-0.15, -0.1) is 0 Å². The third kappa shape index (κ3) is 3.93. The SMILES string of the molecule is CN=C(NCc1ccccc1F)NCC1(C)CCCO1. The maximum Gasteiger partial charge on any atom is 0.191 e. The third-order valence-electron chi connectivity index (χ3n) is 3.56. The van der Waals surface area contributed by atoms with Crippen molar-refractivity contribution in [2.45, 2.75) is 31.9 Å². The van der Waals surface area contributed by atoms with Gasteiger partial charge in [0.1, 0.15) is 5.82 Å². The lowest BCUT2D eigenvalue weighted by molar-refractivity contribution is 0.0243. The van der Waals surface area contributed by atoms with E-state index in [2.05, 4.69) is 22.5 Å². The van der Waals surface area contributed by atoms with Gasteiger partial charge < -0.3 is 15.4 Å². The molecule has 0 radical (unpaired) electrons. The zero-order valence-corrected chi connectivity index (χ0v) is 12.1. The first-order valence-corrected chi connectivity index (χ1v) is 6.95. The van der Waals surface area contributed by atoms with E-state index in [1.54, 1.807) is 19.2 Å². The monoisotopic (exact) mass is 279 g/mol. The summed E-state index contributed by atoms with van der Waals surface area (Å²) in [7, 11) is 1.70. The van der Waals surface area contributed by atoms with Crippen LogP contribution in [0.5, 0.6) is 0 Å². The summed E-state index contributed by atoms with van der Waals surface area (Å²) in [5, 5.41) is 6.34. The lowest BCUT2D eigenvalue weighted by Crippen LogP contribution is -2.45. The van der Waals surface area contributed by atoms with Crippen LogP contribution in [0.15, 0.2) is 29.3 Å². The molecule has 2 rings (SSSR count). The minimum Gasteiger partial charge on any atom is -0.373 e. The van der Waals surface area contributed by atoms with Crippen molar-refractivity contribution in [3.05, 3.63) is 35.6 Å². The van der Waals surface area contributed by atoms with Crippen molar-refractivity contribution < 1.29 is 9.13 Å². The number of benzene rings is 1. The molecule has 20 heavy (non-hydrogen) atoms. The van der Waals surface area contributed by atoms with Crippen LogP contribution in [0.4, 0.5) is 4.39 Å². The lowest BCUT2D eigenvalue weighted by Gasteiger charge is -2.24. The quantitative estimate of drug-likeness (QED) is 0.655. The Labute approximate surface area is 119 Å². The summed E-state index contributed by atoms with van der Waals surface area (Å²) in [6.45, 7) is 4.02. The zero-order chi connectivity index (χ0) is 14.4. The number of aliphatic imine (C=N–C) groups is 1. The largest absolute Gasteiger partial charge is 0.373 e. The van der Waals surface area contributed by atoms with Gasteiger partial charge in [-0.05, 0) is 25.8 Å². The molecule has 1 aliphatic heterocycles. The first-order chi connectivity index (χ1) is 9.63. The molecule has 5 heteroatoms. The van der Waals surface area contributed by atoms with Gasteiger partial charge in [-0.2, -0.15) is 0 Å². The zero-order valence-electron chi connectivity index (χ0n) is 12.1. The van der Waals surface area contributed by atoms with Crippen LogP contribution < -0.4 is 10.6 Å². The van der Waals surface area contributed by atoms with E-state index in [1.165, 1.54) is 6.07 Å². The molecule has 0 saturated carbocycles. The van der Waals surface area contributed by atoms with Gasteiger partial charge in [-0.1, -0.05) is 18.2 Å². The molecule has 1 aromatic rings. The minimum atomic E-state index is -0.207. The number of ether oxygens (including phenoxy) is 1. The van der Waals surface area contributed by atoms with Crippen LogP contribution in [0.25, 0.3) is 0 Å². The van der Waals surface area contributed by atoms with Gasteiger partial charge in [0.05, 0.1) is 5.60 Å². The predicted octanol–water partition coefficient (Wildman–Crippen LogP) is 2.06. The molecule has 0 bridgehead atoms. The van der Waals surface area contributed by atoms with Crippen molar-refractivity contribution >= 4 is 5.96 Å². The number of nitrogens with zero attached hydrogens (tertiary/aromatic N) is 1. The molecule has 0 aromatic heterocycles. The summed E-state index contributed by atoms with van der Waals surface area (Å²) >= 11 is 0. The van der Waals surface area contributed by atoms with Crippen LogP contribution >= 0.6 is 0 Å². The molecule has 1 fully saturated rings. The van der Waals surface area contributed by atoms with E-state index in [-0.39, 0.29) is 11.4 Å². The fraction of sp³-hybridized carbons (Fsp3) is 0.533. The fourth-order valence-corrected chi connectivity index (χ4v) is 2.29.